The lowest BCUT2D eigenvalue weighted by molar-refractivity contribution is -0.139. The lowest BCUT2D eigenvalue weighted by Crippen LogP contribution is -2.25. The average Bonchev–Trinajstić information content (AvgIpc) is 2.59. The van der Waals surface area contributed by atoms with Crippen molar-refractivity contribution in [3.63, 3.8) is 0 Å². The van der Waals surface area contributed by atoms with E-state index in [9.17, 15) is 9.59 Å². The van der Waals surface area contributed by atoms with Crippen LogP contribution in [0.2, 0.25) is 0 Å². The van der Waals surface area contributed by atoms with Gasteiger partial charge in [0.25, 0.3) is 0 Å². The van der Waals surface area contributed by atoms with E-state index in [2.05, 4.69) is 15.4 Å². The van der Waals surface area contributed by atoms with Gasteiger partial charge in [-0.3, -0.25) is 4.79 Å². The van der Waals surface area contributed by atoms with Crippen LogP contribution in [0.15, 0.2) is 30.3 Å². The number of unbranched alkanes of at least 4 members (excludes halogenated alkanes) is 3. The van der Waals surface area contributed by atoms with Crippen molar-refractivity contribution >= 4 is 12.1 Å². The van der Waals surface area contributed by atoms with Crippen LogP contribution >= 0.6 is 0 Å². The minimum absolute atomic E-state index is 0.247. The number of rotatable bonds is 11. The number of hydrogen-bond donors (Lipinski definition) is 2. The molecule has 0 unspecified atom stereocenters. The summed E-state index contributed by atoms with van der Waals surface area (Å²) in [6, 6.07) is 9.59. The van der Waals surface area contributed by atoms with Crippen LogP contribution in [0.25, 0.3) is 0 Å². The molecule has 0 aliphatic carbocycles. The van der Waals surface area contributed by atoms with Gasteiger partial charge >= 0.3 is 12.1 Å². The Bertz CT molecular complexity index is 451. The standard InChI is InChI=1S/C17H26N2O4/c1-22-16(20)13-18-11-7-2-3-8-12-19-17(21)23-14-15-9-5-4-6-10-15/h4-6,9-10,18H,2-3,7-8,11-14H2,1H3,(H,19,21). The van der Waals surface area contributed by atoms with Gasteiger partial charge < -0.3 is 20.1 Å². The SMILES string of the molecule is COC(=O)CNCCCCCCNC(=O)OCc1ccccc1. The molecule has 1 amide bonds. The van der Waals surface area contributed by atoms with Crippen LogP contribution in [0.4, 0.5) is 4.79 Å². The second-order valence-electron chi connectivity index (χ2n) is 5.16. The van der Waals surface area contributed by atoms with Crippen molar-refractivity contribution in [2.24, 2.45) is 0 Å². The van der Waals surface area contributed by atoms with E-state index >= 15 is 0 Å². The van der Waals surface area contributed by atoms with Crippen LogP contribution in [0.5, 0.6) is 0 Å². The Hall–Kier alpha value is -2.08. The van der Waals surface area contributed by atoms with Crippen LogP contribution in [0.1, 0.15) is 31.2 Å². The van der Waals surface area contributed by atoms with Crippen LogP contribution in [0, 0.1) is 0 Å². The molecule has 0 heterocycles. The van der Waals surface area contributed by atoms with Gasteiger partial charge in [0.15, 0.2) is 0 Å². The Kier molecular flexibility index (Phi) is 10.3. The summed E-state index contributed by atoms with van der Waals surface area (Å²) >= 11 is 0. The first kappa shape index (κ1) is 19.0. The highest BCUT2D eigenvalue weighted by Crippen LogP contribution is 2.01. The number of hydrogen-bond acceptors (Lipinski definition) is 5. The van der Waals surface area contributed by atoms with E-state index in [1.807, 2.05) is 30.3 Å². The van der Waals surface area contributed by atoms with E-state index in [0.29, 0.717) is 13.2 Å². The summed E-state index contributed by atoms with van der Waals surface area (Å²) in [5.74, 6) is -0.247. The maximum absolute atomic E-state index is 11.5. The summed E-state index contributed by atoms with van der Waals surface area (Å²) in [6.07, 6.45) is 3.61. The molecular formula is C17H26N2O4. The molecule has 0 saturated heterocycles. The first-order valence-corrected chi connectivity index (χ1v) is 7.94. The summed E-state index contributed by atoms with van der Waals surface area (Å²) in [7, 11) is 1.38. The molecule has 23 heavy (non-hydrogen) atoms. The van der Waals surface area contributed by atoms with Crippen molar-refractivity contribution in [3.05, 3.63) is 35.9 Å². The fourth-order valence-corrected chi connectivity index (χ4v) is 1.96. The molecular weight excluding hydrogens is 296 g/mol. The molecule has 0 atom stereocenters. The van der Waals surface area contributed by atoms with Gasteiger partial charge in [-0.05, 0) is 24.9 Å². The lowest BCUT2D eigenvalue weighted by atomic mass is 10.2. The quantitative estimate of drug-likeness (QED) is 0.483. The number of carbonyl (C=O) groups is 2. The summed E-state index contributed by atoms with van der Waals surface area (Å²) in [5.41, 5.74) is 0.974. The molecule has 0 fully saturated rings. The molecule has 6 nitrogen and oxygen atoms in total. The maximum atomic E-state index is 11.5. The maximum Gasteiger partial charge on any atom is 0.407 e. The molecule has 1 rings (SSSR count). The lowest BCUT2D eigenvalue weighted by Gasteiger charge is -2.07. The molecule has 0 aliphatic heterocycles. The van der Waals surface area contributed by atoms with E-state index in [1.165, 1.54) is 7.11 Å². The Morgan fingerprint density at radius 3 is 2.39 bits per heavy atom. The van der Waals surface area contributed by atoms with E-state index in [0.717, 1.165) is 37.8 Å². The highest BCUT2D eigenvalue weighted by Gasteiger charge is 2.01. The smallest absolute Gasteiger partial charge is 0.407 e. The van der Waals surface area contributed by atoms with Crippen molar-refractivity contribution in [2.45, 2.75) is 32.3 Å². The van der Waals surface area contributed by atoms with E-state index in [4.69, 9.17) is 4.74 Å². The Morgan fingerprint density at radius 2 is 1.70 bits per heavy atom. The van der Waals surface area contributed by atoms with Crippen LogP contribution in [-0.4, -0.2) is 38.8 Å². The Balaban J connectivity index is 1.88. The van der Waals surface area contributed by atoms with Gasteiger partial charge in [-0.25, -0.2) is 4.79 Å². The minimum Gasteiger partial charge on any atom is -0.468 e. The third kappa shape index (κ3) is 10.3. The van der Waals surface area contributed by atoms with Crippen molar-refractivity contribution in [3.8, 4) is 0 Å². The van der Waals surface area contributed by atoms with Gasteiger partial charge in [0.1, 0.15) is 6.61 Å². The number of methoxy groups -OCH3 is 1. The van der Waals surface area contributed by atoms with Gasteiger partial charge in [-0.2, -0.15) is 0 Å². The molecule has 2 N–H and O–H groups in total. The molecule has 6 heteroatoms. The van der Waals surface area contributed by atoms with Crippen molar-refractivity contribution in [1.82, 2.24) is 10.6 Å². The second kappa shape index (κ2) is 12.5. The van der Waals surface area contributed by atoms with Gasteiger partial charge in [0.05, 0.1) is 13.7 Å². The zero-order valence-corrected chi connectivity index (χ0v) is 13.7. The highest BCUT2D eigenvalue weighted by atomic mass is 16.5. The number of amides is 1. The molecule has 128 valence electrons. The van der Waals surface area contributed by atoms with Gasteiger partial charge in [0, 0.05) is 6.54 Å². The normalized spacial score (nSPS) is 10.1. The van der Waals surface area contributed by atoms with Gasteiger partial charge in [-0.15, -0.1) is 0 Å². The van der Waals surface area contributed by atoms with E-state index in [-0.39, 0.29) is 18.6 Å². The topological polar surface area (TPSA) is 76.7 Å². The number of carbonyl (C=O) groups excluding carboxylic acids is 2. The zero-order chi connectivity index (χ0) is 16.8. The van der Waals surface area contributed by atoms with Crippen molar-refractivity contribution < 1.29 is 19.1 Å². The van der Waals surface area contributed by atoms with E-state index in [1.54, 1.807) is 0 Å². The number of nitrogens with one attached hydrogen (secondary N) is 2. The molecule has 0 aliphatic rings. The van der Waals surface area contributed by atoms with E-state index < -0.39 is 0 Å². The van der Waals surface area contributed by atoms with Gasteiger partial charge in [0.2, 0.25) is 0 Å². The zero-order valence-electron chi connectivity index (χ0n) is 13.7. The number of benzene rings is 1. The first-order valence-electron chi connectivity index (χ1n) is 7.94. The van der Waals surface area contributed by atoms with Crippen molar-refractivity contribution in [2.75, 3.05) is 26.7 Å². The number of alkyl carbamates (subject to hydrolysis) is 1. The summed E-state index contributed by atoms with van der Waals surface area (Å²) in [5, 5.41) is 5.75. The number of esters is 1. The summed E-state index contributed by atoms with van der Waals surface area (Å²) in [4.78, 5) is 22.4. The first-order chi connectivity index (χ1) is 11.2. The molecule has 0 radical (unpaired) electrons. The second-order valence-corrected chi connectivity index (χ2v) is 5.16. The predicted octanol–water partition coefficient (Wildman–Crippen LogP) is 2.24. The molecule has 0 aromatic heterocycles. The van der Waals surface area contributed by atoms with Crippen LogP contribution in [0.3, 0.4) is 0 Å². The minimum atomic E-state index is -0.381. The molecule has 0 saturated carbocycles. The third-order valence-corrected chi connectivity index (χ3v) is 3.26. The van der Waals surface area contributed by atoms with Gasteiger partial charge in [-0.1, -0.05) is 43.2 Å². The Labute approximate surface area is 137 Å². The monoisotopic (exact) mass is 322 g/mol. The molecule has 1 aromatic carbocycles. The predicted molar refractivity (Wildman–Crippen MR) is 88.0 cm³/mol. The van der Waals surface area contributed by atoms with Crippen LogP contribution in [-0.2, 0) is 20.9 Å². The fraction of sp³-hybridized carbons (Fsp3) is 0.529. The molecule has 1 aromatic rings. The average molecular weight is 322 g/mol. The molecule has 0 spiro atoms. The number of ether oxygens (including phenoxy) is 2. The largest absolute Gasteiger partial charge is 0.468 e. The fourth-order valence-electron chi connectivity index (χ4n) is 1.96. The summed E-state index contributed by atoms with van der Waals surface area (Å²) in [6.45, 7) is 1.95. The van der Waals surface area contributed by atoms with Crippen LogP contribution < -0.4 is 10.6 Å². The molecule has 0 bridgehead atoms. The third-order valence-electron chi connectivity index (χ3n) is 3.26. The highest BCUT2D eigenvalue weighted by molar-refractivity contribution is 5.71. The summed E-state index contributed by atoms with van der Waals surface area (Å²) < 4.78 is 9.64. The van der Waals surface area contributed by atoms with Crippen molar-refractivity contribution in [1.29, 1.82) is 0 Å². The Morgan fingerprint density at radius 1 is 1.00 bits per heavy atom.